The zero-order chi connectivity index (χ0) is 58.0. The van der Waals surface area contributed by atoms with Gasteiger partial charge in [-0.05, 0) is 91.5 Å². The van der Waals surface area contributed by atoms with E-state index in [0.29, 0.717) is 0 Å². The number of carbonyl (C=O) groups is 7. The van der Waals surface area contributed by atoms with Gasteiger partial charge >= 0.3 is 0 Å². The molecule has 2 fully saturated rings. The summed E-state index contributed by atoms with van der Waals surface area (Å²) in [5, 5.41) is 109. The van der Waals surface area contributed by atoms with Gasteiger partial charge in [0.1, 0.15) is 66.3 Å². The van der Waals surface area contributed by atoms with Crippen LogP contribution in [-0.4, -0.2) is 204 Å². The molecule has 426 valence electrons. The van der Waals surface area contributed by atoms with Crippen molar-refractivity contribution in [1.29, 1.82) is 0 Å². The number of likely N-dealkylation sites (tertiary alicyclic amines) is 2. The van der Waals surface area contributed by atoms with Crippen molar-refractivity contribution in [3.63, 3.8) is 0 Å². The van der Waals surface area contributed by atoms with Crippen LogP contribution in [0.1, 0.15) is 55.6 Å². The molecule has 4 aromatic rings. The van der Waals surface area contributed by atoms with Crippen LogP contribution in [0.25, 0.3) is 22.3 Å². The Labute approximate surface area is 455 Å². The molecule has 2 aliphatic heterocycles. The topological polar surface area (TPSA) is 377 Å². The van der Waals surface area contributed by atoms with Crippen LogP contribution in [0.3, 0.4) is 0 Å². The van der Waals surface area contributed by atoms with Crippen LogP contribution in [0.4, 0.5) is 0 Å². The van der Waals surface area contributed by atoms with Gasteiger partial charge in [0.2, 0.25) is 29.5 Å². The molecule has 0 saturated carbocycles. The first-order chi connectivity index (χ1) is 37.4. The molecule has 0 radical (unpaired) electrons. The fraction of sp³-hybridized carbons (Fsp3) is 0.436. The van der Waals surface area contributed by atoms with Crippen molar-refractivity contribution in [2.45, 2.75) is 119 Å². The maximum Gasteiger partial charge on any atom is 0.251 e. The number of rotatable bonds is 23. The molecule has 14 N–H and O–H groups in total. The van der Waals surface area contributed by atoms with Gasteiger partial charge in [0, 0.05) is 31.0 Å². The Hall–Kier alpha value is -7.39. The van der Waals surface area contributed by atoms with Gasteiger partial charge in [-0.15, -0.1) is 0 Å². The number of aliphatic hydroxyl groups is 8. The van der Waals surface area contributed by atoms with Crippen molar-refractivity contribution in [2.24, 2.45) is 5.92 Å². The van der Waals surface area contributed by atoms with Crippen LogP contribution in [0, 0.1) is 5.92 Å². The van der Waals surface area contributed by atoms with Crippen LogP contribution in [0.15, 0.2) is 97.1 Å². The third-order valence-electron chi connectivity index (χ3n) is 14.2. The Balaban J connectivity index is 1.15. The summed E-state index contributed by atoms with van der Waals surface area (Å²) in [6.07, 6.45) is -14.7. The summed E-state index contributed by atoms with van der Waals surface area (Å²) >= 11 is 0. The summed E-state index contributed by atoms with van der Waals surface area (Å²) in [4.78, 5) is 97.3. The van der Waals surface area contributed by atoms with Crippen LogP contribution in [0.2, 0.25) is 0 Å². The van der Waals surface area contributed by atoms with Gasteiger partial charge in [0.05, 0.1) is 37.6 Å². The van der Waals surface area contributed by atoms with Crippen molar-refractivity contribution in [3.8, 4) is 33.8 Å². The van der Waals surface area contributed by atoms with Crippen LogP contribution in [-0.2, 0) is 28.8 Å². The molecule has 2 heterocycles. The second-order valence-electron chi connectivity index (χ2n) is 20.1. The van der Waals surface area contributed by atoms with Gasteiger partial charge in [-0.25, -0.2) is 0 Å². The van der Waals surface area contributed by atoms with Crippen molar-refractivity contribution in [3.05, 3.63) is 108 Å². The maximum absolute atomic E-state index is 14.4. The number of carbonyl (C=O) groups excluding carboxylic acids is 7. The monoisotopic (exact) mass is 1100 g/mol. The van der Waals surface area contributed by atoms with E-state index in [-0.39, 0.29) is 42.7 Å². The number of aliphatic hydroxyl groups excluding tert-OH is 8. The van der Waals surface area contributed by atoms with Crippen LogP contribution >= 0.6 is 0 Å². The number of benzene rings is 4. The molecule has 2 aliphatic rings. The normalized spacial score (nSPS) is 22.1. The first-order valence-corrected chi connectivity index (χ1v) is 25.5. The standard InChI is InChI=1S/C55H69N7O17/c1-27-24-62(55(78)43(29(3)65)58-53(76)44(59-51(74)41-22-37(67)25-61(41)4)48(71)47(70)34-14-18-36(66)19-15-34)45(46(27)69)54(77)60-52(75)42(68)23-39(50(73)57-40(26-63)28(2)64)56-49(72)35-12-10-32(11-13-35)30-6-8-31(9-7-30)33-16-20-38(79-5)21-17-33/h6-21,26-29,37,39-48,52,64-71,75H,22-25H2,1-5H3,(H,56,72)(H,57,73)(H,58,76)(H,59,74)(H,60,77). The minimum Gasteiger partial charge on any atom is -0.508 e. The highest BCUT2D eigenvalue weighted by molar-refractivity contribution is 5.99. The van der Waals surface area contributed by atoms with Crippen molar-refractivity contribution in [1.82, 2.24) is 36.4 Å². The Bertz CT molecular complexity index is 2750. The molecule has 24 heteroatoms. The third kappa shape index (κ3) is 15.1. The molecule has 2 saturated heterocycles. The molecule has 0 aliphatic carbocycles. The second-order valence-corrected chi connectivity index (χ2v) is 20.1. The molecule has 6 amide bonds. The zero-order valence-electron chi connectivity index (χ0n) is 44.0. The number of β-amino-alcohol motifs (C(OH)–C–C–N with tert-alkyl or cyclic N) is 1. The van der Waals surface area contributed by atoms with Gasteiger partial charge in [0.25, 0.3) is 5.91 Å². The van der Waals surface area contributed by atoms with E-state index in [1.54, 1.807) is 19.2 Å². The first-order valence-electron chi connectivity index (χ1n) is 25.5. The lowest BCUT2D eigenvalue weighted by Crippen LogP contribution is -2.63. The van der Waals surface area contributed by atoms with E-state index in [2.05, 4.69) is 26.6 Å². The molecular formula is C55H69N7O17. The summed E-state index contributed by atoms with van der Waals surface area (Å²) in [6, 6.07) is 16.3. The number of amides is 6. The second kappa shape index (κ2) is 27.0. The molecule has 0 bridgehead atoms. The average molecular weight is 1100 g/mol. The lowest BCUT2D eigenvalue weighted by molar-refractivity contribution is -0.148. The summed E-state index contributed by atoms with van der Waals surface area (Å²) in [5.41, 5.74) is 3.55. The van der Waals surface area contributed by atoms with Gasteiger partial charge in [-0.3, -0.25) is 33.7 Å². The van der Waals surface area contributed by atoms with E-state index < -0.39 is 133 Å². The number of phenolic OH excluding ortho intramolecular Hbond substituents is 1. The predicted molar refractivity (Wildman–Crippen MR) is 282 cm³/mol. The Morgan fingerprint density at radius 2 is 1.24 bits per heavy atom. The fourth-order valence-corrected chi connectivity index (χ4v) is 9.40. The minimum absolute atomic E-state index is 0.00727. The van der Waals surface area contributed by atoms with Gasteiger partial charge in [-0.1, -0.05) is 67.6 Å². The maximum atomic E-state index is 14.4. The molecule has 6 rings (SSSR count). The fourth-order valence-electron chi connectivity index (χ4n) is 9.40. The SMILES string of the molecule is COc1ccc(-c2ccc(-c3ccc(C(=O)NC(CC(O)C(O)NC(=O)C4C(O)C(C)CN4C(=O)C(NC(=O)C(NC(=O)C4CC(O)CN4C)C(O)C(O)c4ccc(O)cc4)C(C)O)C(=O)NC(C=O)C(C)O)cc3)cc2)cc1. The molecule has 15 atom stereocenters. The number of phenols is 1. The van der Waals surface area contributed by atoms with E-state index in [1.165, 1.54) is 62.2 Å². The highest BCUT2D eigenvalue weighted by atomic mass is 16.5. The molecule has 0 spiro atoms. The number of nitrogens with one attached hydrogen (secondary N) is 5. The van der Waals surface area contributed by atoms with Gasteiger partial charge in [-0.2, -0.15) is 0 Å². The number of aldehydes is 1. The van der Waals surface area contributed by atoms with Crippen molar-refractivity contribution < 1.29 is 84.3 Å². The van der Waals surface area contributed by atoms with E-state index >= 15 is 0 Å². The first kappa shape index (κ1) is 60.8. The largest absolute Gasteiger partial charge is 0.508 e. The van der Waals surface area contributed by atoms with E-state index in [4.69, 9.17) is 4.74 Å². The lowest BCUT2D eigenvalue weighted by atomic mass is 9.97. The Morgan fingerprint density at radius 1 is 0.684 bits per heavy atom. The number of hydrogen-bond donors (Lipinski definition) is 14. The molecule has 24 nitrogen and oxygen atoms in total. The summed E-state index contributed by atoms with van der Waals surface area (Å²) in [5.74, 6) is -6.81. The number of ether oxygens (including phenoxy) is 1. The highest BCUT2D eigenvalue weighted by Crippen LogP contribution is 2.29. The van der Waals surface area contributed by atoms with E-state index in [0.717, 1.165) is 39.8 Å². The van der Waals surface area contributed by atoms with Crippen LogP contribution < -0.4 is 31.3 Å². The predicted octanol–water partition coefficient (Wildman–Crippen LogP) is -2.20. The zero-order valence-corrected chi connectivity index (χ0v) is 44.0. The minimum atomic E-state index is -2.27. The highest BCUT2D eigenvalue weighted by Gasteiger charge is 2.49. The molecular weight excluding hydrogens is 1030 g/mol. The summed E-state index contributed by atoms with van der Waals surface area (Å²) in [7, 11) is 3.12. The third-order valence-corrected chi connectivity index (χ3v) is 14.2. The number of aromatic hydroxyl groups is 1. The van der Waals surface area contributed by atoms with Crippen molar-refractivity contribution in [2.75, 3.05) is 27.2 Å². The van der Waals surface area contributed by atoms with Gasteiger partial charge < -0.3 is 87.0 Å². The van der Waals surface area contributed by atoms with E-state index in [9.17, 15) is 79.5 Å². The van der Waals surface area contributed by atoms with E-state index in [1.807, 2.05) is 48.5 Å². The summed E-state index contributed by atoms with van der Waals surface area (Å²) in [6.45, 7) is 3.51. The molecule has 79 heavy (non-hydrogen) atoms. The number of methoxy groups -OCH3 is 1. The van der Waals surface area contributed by atoms with Crippen molar-refractivity contribution >= 4 is 41.7 Å². The lowest BCUT2D eigenvalue weighted by Gasteiger charge is -2.34. The Kier molecular flexibility index (Phi) is 20.8. The summed E-state index contributed by atoms with van der Waals surface area (Å²) < 4.78 is 5.24. The number of hydrogen-bond acceptors (Lipinski definition) is 18. The molecule has 0 aromatic heterocycles. The quantitative estimate of drug-likeness (QED) is 0.0277. The van der Waals surface area contributed by atoms with Crippen LogP contribution in [0.5, 0.6) is 11.5 Å². The average Bonchev–Trinajstić information content (AvgIpc) is 4.00. The number of nitrogens with zero attached hydrogens (tertiary/aromatic N) is 2. The van der Waals surface area contributed by atoms with Gasteiger partial charge in [0.15, 0.2) is 6.23 Å². The molecule has 4 aromatic carbocycles. The molecule has 15 unspecified atom stereocenters. The smallest absolute Gasteiger partial charge is 0.251 e. The Morgan fingerprint density at radius 3 is 1.75 bits per heavy atom. The number of likely N-dealkylation sites (N-methyl/N-ethyl adjacent to an activating group) is 1.